The highest BCUT2D eigenvalue weighted by Crippen LogP contribution is 2.34. The predicted molar refractivity (Wildman–Crippen MR) is 62.4 cm³/mol. The highest BCUT2D eigenvalue weighted by atomic mass is 19.4. The summed E-state index contributed by atoms with van der Waals surface area (Å²) in [6.45, 7) is 1.41. The van der Waals surface area contributed by atoms with Gasteiger partial charge in [0, 0.05) is 26.3 Å². The number of rotatable bonds is 6. The molecule has 0 aliphatic heterocycles. The maximum Gasteiger partial charge on any atom is 0.419 e. The first kappa shape index (κ1) is 14.7. The van der Waals surface area contributed by atoms with Crippen molar-refractivity contribution in [3.8, 4) is 0 Å². The number of pyridine rings is 1. The third-order valence-electron chi connectivity index (χ3n) is 2.29. The van der Waals surface area contributed by atoms with Gasteiger partial charge < -0.3 is 15.4 Å². The summed E-state index contributed by atoms with van der Waals surface area (Å²) in [5.41, 5.74) is 4.49. The summed E-state index contributed by atoms with van der Waals surface area (Å²) < 4.78 is 43.3. The molecule has 1 aromatic heterocycles. The van der Waals surface area contributed by atoms with E-state index < -0.39 is 11.7 Å². The summed E-state index contributed by atoms with van der Waals surface area (Å²) in [7, 11) is 1.55. The fourth-order valence-corrected chi connectivity index (χ4v) is 1.42. The Labute approximate surface area is 104 Å². The molecule has 7 heteroatoms. The highest BCUT2D eigenvalue weighted by Gasteiger charge is 2.34. The van der Waals surface area contributed by atoms with E-state index in [1.807, 2.05) is 0 Å². The molecule has 0 saturated carbocycles. The average molecular weight is 263 g/mol. The molecule has 102 valence electrons. The zero-order valence-corrected chi connectivity index (χ0v) is 10.1. The van der Waals surface area contributed by atoms with Gasteiger partial charge in [0.1, 0.15) is 5.82 Å². The molecule has 0 saturated heterocycles. The number of hydrogen-bond acceptors (Lipinski definition) is 4. The largest absolute Gasteiger partial charge is 0.419 e. The van der Waals surface area contributed by atoms with Gasteiger partial charge in [-0.05, 0) is 12.1 Å². The molecule has 0 aliphatic rings. The molecule has 0 fully saturated rings. The lowest BCUT2D eigenvalue weighted by Gasteiger charge is -2.21. The van der Waals surface area contributed by atoms with Gasteiger partial charge in [0.2, 0.25) is 0 Å². The van der Waals surface area contributed by atoms with Crippen LogP contribution < -0.4 is 10.6 Å². The van der Waals surface area contributed by atoms with Crippen LogP contribution in [-0.4, -0.2) is 38.3 Å². The average Bonchev–Trinajstić information content (AvgIpc) is 2.33. The Bertz CT molecular complexity index is 371. The lowest BCUT2D eigenvalue weighted by molar-refractivity contribution is -0.137. The molecule has 0 unspecified atom stereocenters. The molecule has 1 heterocycles. The third kappa shape index (κ3) is 4.15. The minimum absolute atomic E-state index is 0.0960. The van der Waals surface area contributed by atoms with Gasteiger partial charge >= 0.3 is 6.18 Å². The molecule has 1 aromatic rings. The van der Waals surface area contributed by atoms with Crippen LogP contribution in [0.3, 0.4) is 0 Å². The number of nitrogens with two attached hydrogens (primary N) is 1. The minimum Gasteiger partial charge on any atom is -0.378 e. The number of ether oxygens (including phenoxy) is 1. The summed E-state index contributed by atoms with van der Waals surface area (Å²) in [6, 6.07) is 2.28. The molecule has 0 aliphatic carbocycles. The summed E-state index contributed by atoms with van der Waals surface area (Å²) in [5.74, 6) is -0.0960. The van der Waals surface area contributed by atoms with Gasteiger partial charge in [0.15, 0.2) is 0 Å². The SMILES string of the molecule is CN(CCOCCN)c1ncccc1C(F)(F)F. The van der Waals surface area contributed by atoms with Crippen molar-refractivity contribution in [2.24, 2.45) is 5.73 Å². The number of alkyl halides is 3. The van der Waals surface area contributed by atoms with Crippen molar-refractivity contribution in [2.45, 2.75) is 6.18 Å². The van der Waals surface area contributed by atoms with Crippen molar-refractivity contribution in [1.82, 2.24) is 4.98 Å². The second kappa shape index (κ2) is 6.55. The van der Waals surface area contributed by atoms with Crippen molar-refractivity contribution >= 4 is 5.82 Å². The van der Waals surface area contributed by atoms with E-state index in [0.717, 1.165) is 6.07 Å². The van der Waals surface area contributed by atoms with Crippen LogP contribution in [0.1, 0.15) is 5.56 Å². The van der Waals surface area contributed by atoms with Gasteiger partial charge in [-0.15, -0.1) is 0 Å². The van der Waals surface area contributed by atoms with Gasteiger partial charge in [0.05, 0.1) is 18.8 Å². The fraction of sp³-hybridized carbons (Fsp3) is 0.545. The van der Waals surface area contributed by atoms with Crippen molar-refractivity contribution in [1.29, 1.82) is 0 Å². The quantitative estimate of drug-likeness (QED) is 0.790. The van der Waals surface area contributed by atoms with Crippen LogP contribution in [-0.2, 0) is 10.9 Å². The molecule has 4 nitrogen and oxygen atoms in total. The van der Waals surface area contributed by atoms with Crippen molar-refractivity contribution in [3.05, 3.63) is 23.9 Å². The van der Waals surface area contributed by atoms with E-state index in [1.54, 1.807) is 7.05 Å². The van der Waals surface area contributed by atoms with E-state index in [-0.39, 0.29) is 5.82 Å². The number of hydrogen-bond donors (Lipinski definition) is 1. The summed E-state index contributed by atoms with van der Waals surface area (Å²) >= 11 is 0. The van der Waals surface area contributed by atoms with Gasteiger partial charge in [-0.1, -0.05) is 0 Å². The first-order valence-corrected chi connectivity index (χ1v) is 5.48. The second-order valence-electron chi connectivity index (χ2n) is 3.69. The zero-order valence-electron chi connectivity index (χ0n) is 10.1. The molecule has 0 aromatic carbocycles. The Hall–Kier alpha value is -1.34. The van der Waals surface area contributed by atoms with Crippen molar-refractivity contribution in [2.75, 3.05) is 38.3 Å². The topological polar surface area (TPSA) is 51.4 Å². The van der Waals surface area contributed by atoms with E-state index in [1.165, 1.54) is 17.2 Å². The molecule has 0 amide bonds. The predicted octanol–water partition coefficient (Wildman–Crippen LogP) is 1.51. The molecular formula is C11H16F3N3O. The van der Waals surface area contributed by atoms with Gasteiger partial charge in [-0.2, -0.15) is 13.2 Å². The number of anilines is 1. The fourth-order valence-electron chi connectivity index (χ4n) is 1.42. The Morgan fingerprint density at radius 2 is 2.11 bits per heavy atom. The van der Waals surface area contributed by atoms with Crippen molar-refractivity contribution in [3.63, 3.8) is 0 Å². The highest BCUT2D eigenvalue weighted by molar-refractivity contribution is 5.47. The van der Waals surface area contributed by atoms with E-state index in [9.17, 15) is 13.2 Å². The monoisotopic (exact) mass is 263 g/mol. The van der Waals surface area contributed by atoms with Crippen LogP contribution in [0.15, 0.2) is 18.3 Å². The minimum atomic E-state index is -4.41. The van der Waals surface area contributed by atoms with Crippen LogP contribution in [0.2, 0.25) is 0 Å². The Kier molecular flexibility index (Phi) is 5.36. The van der Waals surface area contributed by atoms with Crippen LogP contribution in [0.4, 0.5) is 19.0 Å². The molecule has 0 radical (unpaired) electrons. The van der Waals surface area contributed by atoms with Crippen LogP contribution >= 0.6 is 0 Å². The lowest BCUT2D eigenvalue weighted by atomic mass is 10.2. The van der Waals surface area contributed by atoms with Crippen LogP contribution in [0, 0.1) is 0 Å². The molecule has 2 N–H and O–H groups in total. The van der Waals surface area contributed by atoms with Gasteiger partial charge in [-0.25, -0.2) is 4.98 Å². The van der Waals surface area contributed by atoms with Crippen molar-refractivity contribution < 1.29 is 17.9 Å². The lowest BCUT2D eigenvalue weighted by Crippen LogP contribution is -2.27. The zero-order chi connectivity index (χ0) is 13.6. The molecule has 1 rings (SSSR count). The summed E-state index contributed by atoms with van der Waals surface area (Å²) in [6.07, 6.45) is -3.07. The molecule has 0 spiro atoms. The standard InChI is InChI=1S/C11H16F3N3O/c1-17(6-8-18-7-4-15)10-9(11(12,13)14)3-2-5-16-10/h2-3,5H,4,6-8,15H2,1H3. The van der Waals surface area contributed by atoms with E-state index >= 15 is 0 Å². The normalized spacial score (nSPS) is 11.6. The summed E-state index contributed by atoms with van der Waals surface area (Å²) in [5, 5.41) is 0. The van der Waals surface area contributed by atoms with Gasteiger partial charge in [0.25, 0.3) is 0 Å². The van der Waals surface area contributed by atoms with Gasteiger partial charge in [-0.3, -0.25) is 0 Å². The third-order valence-corrected chi connectivity index (χ3v) is 2.29. The summed E-state index contributed by atoms with van der Waals surface area (Å²) in [4.78, 5) is 5.19. The van der Waals surface area contributed by atoms with E-state index in [4.69, 9.17) is 10.5 Å². The maximum atomic E-state index is 12.7. The Morgan fingerprint density at radius 3 is 2.72 bits per heavy atom. The number of likely N-dealkylation sites (N-methyl/N-ethyl adjacent to an activating group) is 1. The first-order chi connectivity index (χ1) is 8.46. The first-order valence-electron chi connectivity index (χ1n) is 5.48. The second-order valence-corrected chi connectivity index (χ2v) is 3.69. The molecular weight excluding hydrogens is 247 g/mol. The Morgan fingerprint density at radius 1 is 1.39 bits per heavy atom. The van der Waals surface area contributed by atoms with Crippen LogP contribution in [0.25, 0.3) is 0 Å². The molecule has 0 bridgehead atoms. The smallest absolute Gasteiger partial charge is 0.378 e. The van der Waals surface area contributed by atoms with E-state index in [2.05, 4.69) is 4.98 Å². The molecule has 0 atom stereocenters. The number of aromatic nitrogens is 1. The molecule has 18 heavy (non-hydrogen) atoms. The Balaban J connectivity index is 2.70. The number of nitrogens with zero attached hydrogens (tertiary/aromatic N) is 2. The maximum absolute atomic E-state index is 12.7. The van der Waals surface area contributed by atoms with E-state index in [0.29, 0.717) is 26.3 Å². The number of halogens is 3. The van der Waals surface area contributed by atoms with Crippen LogP contribution in [0.5, 0.6) is 0 Å².